The van der Waals surface area contributed by atoms with E-state index in [0.717, 1.165) is 29.2 Å². The second-order valence-electron chi connectivity index (χ2n) is 4.19. The fourth-order valence-electron chi connectivity index (χ4n) is 1.57. The lowest BCUT2D eigenvalue weighted by molar-refractivity contribution is 0.422. The first-order valence-corrected chi connectivity index (χ1v) is 6.52. The Morgan fingerprint density at radius 2 is 2.12 bits per heavy atom. The van der Waals surface area contributed by atoms with Gasteiger partial charge in [0.1, 0.15) is 4.88 Å². The molecule has 0 fully saturated rings. The Kier molecular flexibility index (Phi) is 3.42. The summed E-state index contributed by atoms with van der Waals surface area (Å²) in [4.78, 5) is 9.57. The molecule has 0 atom stereocenters. The molecule has 0 unspecified atom stereocenters. The van der Waals surface area contributed by atoms with Crippen molar-refractivity contribution < 1.29 is 4.52 Å². The molecule has 0 radical (unpaired) electrons. The maximum Gasteiger partial charge on any atom is 0.270 e. The van der Waals surface area contributed by atoms with E-state index in [2.05, 4.69) is 35.9 Å². The highest BCUT2D eigenvalue weighted by Gasteiger charge is 2.19. The third-order valence-corrected chi connectivity index (χ3v) is 3.24. The van der Waals surface area contributed by atoms with Crippen LogP contribution in [0.5, 0.6) is 0 Å². The van der Waals surface area contributed by atoms with Crippen molar-refractivity contribution in [3.05, 3.63) is 11.5 Å². The number of aromatic nitrogens is 3. The van der Waals surface area contributed by atoms with E-state index in [1.165, 1.54) is 11.3 Å². The van der Waals surface area contributed by atoms with E-state index in [4.69, 9.17) is 10.3 Å². The lowest BCUT2D eigenvalue weighted by Gasteiger charge is -2.00. The number of nitrogens with two attached hydrogens (primary N) is 1. The van der Waals surface area contributed by atoms with Crippen molar-refractivity contribution in [1.29, 1.82) is 0 Å². The smallest absolute Gasteiger partial charge is 0.270 e. The van der Waals surface area contributed by atoms with Gasteiger partial charge in [-0.2, -0.15) is 4.98 Å². The maximum absolute atomic E-state index is 5.74. The summed E-state index contributed by atoms with van der Waals surface area (Å²) in [6.45, 7) is 6.23. The normalized spacial score (nSPS) is 11.3. The molecule has 2 N–H and O–H groups in total. The van der Waals surface area contributed by atoms with Crippen molar-refractivity contribution in [1.82, 2.24) is 15.1 Å². The van der Waals surface area contributed by atoms with Gasteiger partial charge in [-0.1, -0.05) is 37.3 Å². The second kappa shape index (κ2) is 4.83. The van der Waals surface area contributed by atoms with Crippen molar-refractivity contribution in [3.63, 3.8) is 0 Å². The number of nitrogens with zero attached hydrogens (tertiary/aromatic N) is 3. The van der Waals surface area contributed by atoms with Gasteiger partial charge < -0.3 is 10.3 Å². The third-order valence-electron chi connectivity index (χ3n) is 2.35. The number of hydrogen-bond acceptors (Lipinski definition) is 6. The first-order valence-electron chi connectivity index (χ1n) is 5.71. The number of nitrogen functional groups attached to an aromatic ring is 1. The van der Waals surface area contributed by atoms with Gasteiger partial charge in [-0.05, 0) is 12.3 Å². The summed E-state index contributed by atoms with van der Waals surface area (Å²) in [5.74, 6) is 1.57. The first kappa shape index (κ1) is 12.0. The summed E-state index contributed by atoms with van der Waals surface area (Å²) < 4.78 is 5.26. The molecule has 92 valence electrons. The highest BCUT2D eigenvalue weighted by atomic mass is 32.1. The summed E-state index contributed by atoms with van der Waals surface area (Å²) in [5.41, 5.74) is 6.67. The Morgan fingerprint density at radius 3 is 2.76 bits per heavy atom. The molecule has 2 heterocycles. The van der Waals surface area contributed by atoms with Gasteiger partial charge in [0.25, 0.3) is 5.89 Å². The maximum atomic E-state index is 5.74. The monoisotopic (exact) mass is 252 g/mol. The largest absolute Gasteiger partial charge is 0.375 e. The lowest BCUT2D eigenvalue weighted by Crippen LogP contribution is -1.92. The summed E-state index contributed by atoms with van der Waals surface area (Å²) in [7, 11) is 0. The standard InChI is InChI=1S/C11H16N4OS/c1-4-5-7-13-10(16-15-7)9-8(6(2)3)14-11(12)17-9/h6H,4-5H2,1-3H3,(H2,12,14). The van der Waals surface area contributed by atoms with Crippen LogP contribution in [0.3, 0.4) is 0 Å². The molecule has 0 aliphatic carbocycles. The number of aryl methyl sites for hydroxylation is 1. The van der Waals surface area contributed by atoms with Gasteiger partial charge in [-0.15, -0.1) is 0 Å². The molecule has 0 aliphatic heterocycles. The van der Waals surface area contributed by atoms with E-state index in [-0.39, 0.29) is 0 Å². The Bertz CT molecular complexity index is 503. The summed E-state index contributed by atoms with van der Waals surface area (Å²) >= 11 is 1.40. The van der Waals surface area contributed by atoms with Crippen molar-refractivity contribution >= 4 is 16.5 Å². The van der Waals surface area contributed by atoms with E-state index in [0.29, 0.717) is 16.9 Å². The van der Waals surface area contributed by atoms with E-state index >= 15 is 0 Å². The van der Waals surface area contributed by atoms with E-state index in [1.54, 1.807) is 0 Å². The van der Waals surface area contributed by atoms with Gasteiger partial charge in [-0.3, -0.25) is 0 Å². The topological polar surface area (TPSA) is 77.8 Å². The fourth-order valence-corrected chi connectivity index (χ4v) is 2.47. The lowest BCUT2D eigenvalue weighted by atomic mass is 10.1. The Labute approximate surface area is 104 Å². The molecule has 17 heavy (non-hydrogen) atoms. The van der Waals surface area contributed by atoms with Crippen molar-refractivity contribution in [2.24, 2.45) is 0 Å². The molecule has 0 spiro atoms. The molecule has 2 aromatic rings. The molecule has 0 amide bonds. The molecule has 0 saturated carbocycles. The van der Waals surface area contributed by atoms with E-state index < -0.39 is 0 Å². The van der Waals surface area contributed by atoms with Crippen LogP contribution >= 0.6 is 11.3 Å². The van der Waals surface area contributed by atoms with Crippen LogP contribution in [0, 0.1) is 0 Å². The highest BCUT2D eigenvalue weighted by molar-refractivity contribution is 7.18. The molecular weight excluding hydrogens is 236 g/mol. The van der Waals surface area contributed by atoms with Gasteiger partial charge in [0.2, 0.25) is 0 Å². The molecule has 5 nitrogen and oxygen atoms in total. The molecule has 2 aromatic heterocycles. The molecule has 0 bridgehead atoms. The Hall–Kier alpha value is -1.43. The van der Waals surface area contributed by atoms with Gasteiger partial charge in [0, 0.05) is 6.42 Å². The highest BCUT2D eigenvalue weighted by Crippen LogP contribution is 2.34. The van der Waals surface area contributed by atoms with Crippen molar-refractivity contribution in [2.45, 2.75) is 39.5 Å². The Morgan fingerprint density at radius 1 is 1.35 bits per heavy atom. The average molecular weight is 252 g/mol. The van der Waals surface area contributed by atoms with Crippen molar-refractivity contribution in [3.8, 4) is 10.8 Å². The molecule has 6 heteroatoms. The first-order chi connectivity index (χ1) is 8.11. The second-order valence-corrected chi connectivity index (χ2v) is 5.22. The van der Waals surface area contributed by atoms with Crippen LogP contribution in [0.25, 0.3) is 10.8 Å². The quantitative estimate of drug-likeness (QED) is 0.905. The summed E-state index contributed by atoms with van der Waals surface area (Å²) in [5, 5.41) is 4.48. The zero-order valence-electron chi connectivity index (χ0n) is 10.2. The van der Waals surface area contributed by atoms with Gasteiger partial charge in [0.05, 0.1) is 5.69 Å². The number of anilines is 1. The molecule has 2 rings (SSSR count). The molecular formula is C11H16N4OS. The zero-order valence-corrected chi connectivity index (χ0v) is 11.0. The third kappa shape index (κ3) is 2.46. The molecule has 0 saturated heterocycles. The van der Waals surface area contributed by atoms with Crippen LogP contribution in [0.4, 0.5) is 5.13 Å². The number of thiazole rings is 1. The van der Waals surface area contributed by atoms with Gasteiger partial charge in [0.15, 0.2) is 11.0 Å². The van der Waals surface area contributed by atoms with E-state index in [9.17, 15) is 0 Å². The average Bonchev–Trinajstić information content (AvgIpc) is 2.85. The number of hydrogen-bond donors (Lipinski definition) is 1. The van der Waals surface area contributed by atoms with Gasteiger partial charge in [-0.25, -0.2) is 4.98 Å². The van der Waals surface area contributed by atoms with Crippen LogP contribution in [-0.4, -0.2) is 15.1 Å². The minimum atomic E-state index is 0.292. The predicted molar refractivity (Wildman–Crippen MR) is 67.9 cm³/mol. The van der Waals surface area contributed by atoms with Crippen LogP contribution in [0.2, 0.25) is 0 Å². The Balaban J connectivity index is 2.37. The van der Waals surface area contributed by atoms with Gasteiger partial charge >= 0.3 is 0 Å². The van der Waals surface area contributed by atoms with Crippen LogP contribution in [-0.2, 0) is 6.42 Å². The zero-order chi connectivity index (χ0) is 12.4. The summed E-state index contributed by atoms with van der Waals surface area (Å²) in [6.07, 6.45) is 1.83. The molecule has 0 aromatic carbocycles. The number of rotatable bonds is 4. The summed E-state index contributed by atoms with van der Waals surface area (Å²) in [6, 6.07) is 0. The van der Waals surface area contributed by atoms with E-state index in [1.807, 2.05) is 0 Å². The van der Waals surface area contributed by atoms with Crippen LogP contribution in [0.15, 0.2) is 4.52 Å². The SMILES string of the molecule is CCCc1noc(-c2sc(N)nc2C(C)C)n1. The fraction of sp³-hybridized carbons (Fsp3) is 0.545. The van der Waals surface area contributed by atoms with Crippen molar-refractivity contribution in [2.75, 3.05) is 5.73 Å². The predicted octanol–water partition coefficient (Wildman–Crippen LogP) is 2.85. The minimum absolute atomic E-state index is 0.292. The minimum Gasteiger partial charge on any atom is -0.375 e. The van der Waals surface area contributed by atoms with Crippen LogP contribution < -0.4 is 5.73 Å². The molecule has 0 aliphatic rings. The van der Waals surface area contributed by atoms with Crippen LogP contribution in [0.1, 0.15) is 44.6 Å².